The van der Waals surface area contributed by atoms with Crippen LogP contribution in [-0.2, 0) is 4.79 Å². The monoisotopic (exact) mass is 369 g/mol. The van der Waals surface area contributed by atoms with E-state index in [-0.39, 0.29) is 11.8 Å². The molecule has 1 aromatic carbocycles. The first-order valence-corrected chi connectivity index (χ1v) is 8.48. The van der Waals surface area contributed by atoms with Crippen molar-refractivity contribution in [2.45, 2.75) is 19.3 Å². The van der Waals surface area contributed by atoms with Gasteiger partial charge in [0.25, 0.3) is 0 Å². The summed E-state index contributed by atoms with van der Waals surface area (Å²) in [5.41, 5.74) is 2.66. The van der Waals surface area contributed by atoms with Gasteiger partial charge in [0.05, 0.1) is 12.8 Å². The molecule has 8 heteroatoms. The Kier molecular flexibility index (Phi) is 4.08. The largest absolute Gasteiger partial charge is 0.480 e. The van der Waals surface area contributed by atoms with E-state index in [2.05, 4.69) is 20.6 Å². The number of halogens is 1. The van der Waals surface area contributed by atoms with Crippen LogP contribution in [0.1, 0.15) is 29.2 Å². The molecule has 3 aromatic rings. The van der Waals surface area contributed by atoms with Gasteiger partial charge in [0, 0.05) is 29.0 Å². The van der Waals surface area contributed by atoms with Crippen molar-refractivity contribution in [3.8, 4) is 11.7 Å². The molecule has 0 spiro atoms. The number of rotatable bonds is 3. The summed E-state index contributed by atoms with van der Waals surface area (Å²) in [6.45, 7) is 1.91. The zero-order valence-electron chi connectivity index (χ0n) is 14.2. The predicted octanol–water partition coefficient (Wildman–Crippen LogP) is 3.11. The molecule has 0 aliphatic carbocycles. The quantitative estimate of drug-likeness (QED) is 0.767. The number of carbonyl (C=O) groups is 1. The van der Waals surface area contributed by atoms with E-state index in [0.29, 0.717) is 29.0 Å². The summed E-state index contributed by atoms with van der Waals surface area (Å²) in [5, 5.41) is 16.2. The fraction of sp³-hybridized carbons (Fsp3) is 0.222. The van der Waals surface area contributed by atoms with Crippen molar-refractivity contribution < 1.29 is 9.53 Å². The molecule has 1 N–H and O–H groups in total. The van der Waals surface area contributed by atoms with Crippen LogP contribution in [0.2, 0.25) is 5.02 Å². The molecule has 0 bridgehead atoms. The van der Waals surface area contributed by atoms with Crippen LogP contribution < -0.4 is 10.1 Å². The number of aryl methyl sites for hydroxylation is 1. The average Bonchev–Trinajstić information content (AvgIpc) is 2.98. The van der Waals surface area contributed by atoms with Gasteiger partial charge < -0.3 is 10.1 Å². The first kappa shape index (κ1) is 16.5. The molecule has 0 fully saturated rings. The Labute approximate surface area is 155 Å². The maximum Gasteiger partial charge on any atom is 0.233 e. The number of hydrogen-bond donors (Lipinski definition) is 1. The van der Waals surface area contributed by atoms with Gasteiger partial charge in [-0.2, -0.15) is 9.78 Å². The number of amides is 1. The average molecular weight is 370 g/mol. The fourth-order valence-corrected chi connectivity index (χ4v) is 3.54. The highest BCUT2D eigenvalue weighted by Gasteiger charge is 2.33. The fourth-order valence-electron chi connectivity index (χ4n) is 3.27. The third-order valence-corrected chi connectivity index (χ3v) is 4.78. The normalized spacial score (nSPS) is 16.1. The lowest BCUT2D eigenvalue weighted by atomic mass is 9.86. The van der Waals surface area contributed by atoms with Gasteiger partial charge in [-0.25, -0.2) is 0 Å². The Balaban J connectivity index is 1.86. The molecule has 1 aliphatic heterocycles. The summed E-state index contributed by atoms with van der Waals surface area (Å²) in [7, 11) is 1.53. The molecule has 3 heterocycles. The van der Waals surface area contributed by atoms with Crippen molar-refractivity contribution >= 4 is 23.3 Å². The number of benzene rings is 1. The third kappa shape index (κ3) is 2.70. The number of ether oxygens (including phenoxy) is 1. The van der Waals surface area contributed by atoms with E-state index in [1.807, 2.05) is 31.2 Å². The molecule has 1 atom stereocenters. The van der Waals surface area contributed by atoms with Crippen molar-refractivity contribution in [1.29, 1.82) is 0 Å². The summed E-state index contributed by atoms with van der Waals surface area (Å²) in [4.78, 5) is 12.4. The highest BCUT2D eigenvalue weighted by atomic mass is 35.5. The Hall–Kier alpha value is -2.93. The Morgan fingerprint density at radius 3 is 2.73 bits per heavy atom. The van der Waals surface area contributed by atoms with E-state index in [0.717, 1.165) is 16.8 Å². The summed E-state index contributed by atoms with van der Waals surface area (Å²) >= 11 is 6.39. The van der Waals surface area contributed by atoms with E-state index < -0.39 is 0 Å². The van der Waals surface area contributed by atoms with Crippen LogP contribution in [0.5, 0.6) is 5.88 Å². The molecule has 1 amide bonds. The first-order chi connectivity index (χ1) is 12.6. The Morgan fingerprint density at radius 1 is 1.23 bits per heavy atom. The standard InChI is InChI=1S/C18H16ClN5O2/c1-10-17-12(11-5-3-4-6-13(11)19)9-15(25)20-18(17)24(23-10)14-7-8-16(26-2)22-21-14/h3-8,12H,9H2,1-2H3,(H,20,25)/t12-/m1/s1. The van der Waals surface area contributed by atoms with Crippen molar-refractivity contribution in [3.63, 3.8) is 0 Å². The van der Waals surface area contributed by atoms with Gasteiger partial charge in [0.2, 0.25) is 11.8 Å². The lowest BCUT2D eigenvalue weighted by molar-refractivity contribution is -0.116. The van der Waals surface area contributed by atoms with Crippen LogP contribution in [0.25, 0.3) is 5.82 Å². The molecule has 4 rings (SSSR count). The zero-order chi connectivity index (χ0) is 18.3. The molecule has 1 aliphatic rings. The maximum atomic E-state index is 12.4. The molecule has 0 saturated carbocycles. The number of fused-ring (bicyclic) bond motifs is 1. The number of aromatic nitrogens is 4. The number of hydrogen-bond acceptors (Lipinski definition) is 5. The number of methoxy groups -OCH3 is 1. The van der Waals surface area contributed by atoms with Gasteiger partial charge in [-0.05, 0) is 24.6 Å². The SMILES string of the molecule is COc1ccc(-n2nc(C)c3c2NC(=O)C[C@@H]3c2ccccc2Cl)nn1. The van der Waals surface area contributed by atoms with Crippen LogP contribution in [0.4, 0.5) is 5.82 Å². The van der Waals surface area contributed by atoms with E-state index in [9.17, 15) is 4.79 Å². The highest BCUT2D eigenvalue weighted by Crippen LogP contribution is 2.42. The topological polar surface area (TPSA) is 81.9 Å². The van der Waals surface area contributed by atoms with Gasteiger partial charge in [0.1, 0.15) is 5.82 Å². The first-order valence-electron chi connectivity index (χ1n) is 8.10. The van der Waals surface area contributed by atoms with Gasteiger partial charge in [-0.15, -0.1) is 10.2 Å². The van der Waals surface area contributed by atoms with Crippen LogP contribution >= 0.6 is 11.6 Å². The number of anilines is 1. The van der Waals surface area contributed by atoms with Crippen molar-refractivity contribution in [3.05, 3.63) is 58.2 Å². The molecule has 0 radical (unpaired) electrons. The molecule has 2 aromatic heterocycles. The molecule has 0 unspecified atom stereocenters. The van der Waals surface area contributed by atoms with E-state index >= 15 is 0 Å². The lowest BCUT2D eigenvalue weighted by Crippen LogP contribution is -2.25. The molecule has 26 heavy (non-hydrogen) atoms. The van der Waals surface area contributed by atoms with Crippen LogP contribution in [0, 0.1) is 6.92 Å². The summed E-state index contributed by atoms with van der Waals surface area (Å²) in [5.74, 6) is 1.25. The number of nitrogens with zero attached hydrogens (tertiary/aromatic N) is 4. The summed E-state index contributed by atoms with van der Waals surface area (Å²) < 4.78 is 6.64. The van der Waals surface area contributed by atoms with E-state index in [1.165, 1.54) is 7.11 Å². The molecule has 132 valence electrons. The molecular formula is C18H16ClN5O2. The zero-order valence-corrected chi connectivity index (χ0v) is 15.0. The van der Waals surface area contributed by atoms with Crippen LogP contribution in [-0.4, -0.2) is 33.0 Å². The van der Waals surface area contributed by atoms with Crippen molar-refractivity contribution in [1.82, 2.24) is 20.0 Å². The minimum Gasteiger partial charge on any atom is -0.480 e. The molecular weight excluding hydrogens is 354 g/mol. The van der Waals surface area contributed by atoms with Crippen LogP contribution in [0.3, 0.4) is 0 Å². The molecule has 0 saturated heterocycles. The minimum atomic E-state index is -0.160. The predicted molar refractivity (Wildman–Crippen MR) is 97.0 cm³/mol. The second kappa shape index (κ2) is 6.42. The number of carbonyl (C=O) groups excluding carboxylic acids is 1. The smallest absolute Gasteiger partial charge is 0.233 e. The molecule has 7 nitrogen and oxygen atoms in total. The number of nitrogens with one attached hydrogen (secondary N) is 1. The van der Waals surface area contributed by atoms with Crippen LogP contribution in [0.15, 0.2) is 36.4 Å². The maximum absolute atomic E-state index is 12.4. The van der Waals surface area contributed by atoms with Gasteiger partial charge in [-0.1, -0.05) is 29.8 Å². The van der Waals surface area contributed by atoms with E-state index in [4.69, 9.17) is 16.3 Å². The summed E-state index contributed by atoms with van der Waals surface area (Å²) in [6.07, 6.45) is 0.317. The Morgan fingerprint density at radius 2 is 2.04 bits per heavy atom. The Bertz CT molecular complexity index is 984. The van der Waals surface area contributed by atoms with Crippen molar-refractivity contribution in [2.24, 2.45) is 0 Å². The van der Waals surface area contributed by atoms with E-state index in [1.54, 1.807) is 16.8 Å². The summed E-state index contributed by atoms with van der Waals surface area (Å²) in [6, 6.07) is 11.0. The minimum absolute atomic E-state index is 0.0926. The second-order valence-corrected chi connectivity index (χ2v) is 6.43. The van der Waals surface area contributed by atoms with Crippen molar-refractivity contribution in [2.75, 3.05) is 12.4 Å². The second-order valence-electron chi connectivity index (χ2n) is 6.02. The highest BCUT2D eigenvalue weighted by molar-refractivity contribution is 6.31. The van der Waals surface area contributed by atoms with Gasteiger partial charge >= 0.3 is 0 Å². The lowest BCUT2D eigenvalue weighted by Gasteiger charge is -2.24. The third-order valence-electron chi connectivity index (χ3n) is 4.44. The van der Waals surface area contributed by atoms with Gasteiger partial charge in [-0.3, -0.25) is 4.79 Å². The van der Waals surface area contributed by atoms with Gasteiger partial charge in [0.15, 0.2) is 5.82 Å².